The van der Waals surface area contributed by atoms with Gasteiger partial charge in [-0.2, -0.15) is 11.8 Å². The van der Waals surface area contributed by atoms with Crippen LogP contribution in [-0.4, -0.2) is 41.6 Å². The molecular weight excluding hydrogens is 216 g/mol. The Morgan fingerprint density at radius 3 is 2.69 bits per heavy atom. The van der Waals surface area contributed by atoms with Crippen molar-refractivity contribution in [2.75, 3.05) is 31.1 Å². The Morgan fingerprint density at radius 2 is 2.00 bits per heavy atom. The highest BCUT2D eigenvalue weighted by molar-refractivity contribution is 7.99. The zero-order valence-corrected chi connectivity index (χ0v) is 11.4. The lowest BCUT2D eigenvalue weighted by Gasteiger charge is -2.45. The Hall–Kier alpha value is 0.270. The van der Waals surface area contributed by atoms with Crippen molar-refractivity contribution in [3.05, 3.63) is 0 Å². The molecular formula is C13H26N2S. The summed E-state index contributed by atoms with van der Waals surface area (Å²) in [6, 6.07) is 0. The lowest BCUT2D eigenvalue weighted by atomic mass is 9.89. The summed E-state index contributed by atoms with van der Waals surface area (Å²) in [6.07, 6.45) is 6.77. The SMILES string of the molecule is CC1CCCN(C2(CN)CCSCC2)CC1. The van der Waals surface area contributed by atoms with E-state index in [-0.39, 0.29) is 0 Å². The fourth-order valence-corrected chi connectivity index (χ4v) is 4.39. The second-order valence-electron chi connectivity index (χ2n) is 5.56. The molecule has 0 radical (unpaired) electrons. The molecule has 3 heteroatoms. The van der Waals surface area contributed by atoms with Crippen LogP contribution in [0.1, 0.15) is 39.0 Å². The van der Waals surface area contributed by atoms with Gasteiger partial charge in [0.05, 0.1) is 0 Å². The van der Waals surface area contributed by atoms with Crippen LogP contribution in [-0.2, 0) is 0 Å². The minimum atomic E-state index is 0.356. The molecule has 2 saturated heterocycles. The first-order chi connectivity index (χ1) is 7.77. The molecule has 0 aliphatic carbocycles. The van der Waals surface area contributed by atoms with Gasteiger partial charge in [0.25, 0.3) is 0 Å². The van der Waals surface area contributed by atoms with Crippen LogP contribution in [0.2, 0.25) is 0 Å². The van der Waals surface area contributed by atoms with Crippen LogP contribution in [0.4, 0.5) is 0 Å². The molecule has 0 amide bonds. The Labute approximate surface area is 104 Å². The number of rotatable bonds is 2. The van der Waals surface area contributed by atoms with Crippen molar-refractivity contribution in [2.45, 2.75) is 44.6 Å². The first kappa shape index (κ1) is 12.7. The molecule has 0 aromatic rings. The quantitative estimate of drug-likeness (QED) is 0.806. The van der Waals surface area contributed by atoms with Gasteiger partial charge in [-0.05, 0) is 62.6 Å². The number of hydrogen-bond acceptors (Lipinski definition) is 3. The van der Waals surface area contributed by atoms with E-state index in [4.69, 9.17) is 5.73 Å². The number of nitrogens with two attached hydrogens (primary N) is 1. The summed E-state index contributed by atoms with van der Waals surface area (Å²) in [5.74, 6) is 3.53. The molecule has 1 atom stereocenters. The molecule has 2 fully saturated rings. The Bertz CT molecular complexity index is 214. The van der Waals surface area contributed by atoms with E-state index in [0.29, 0.717) is 5.54 Å². The van der Waals surface area contributed by atoms with E-state index in [1.165, 1.54) is 56.7 Å². The van der Waals surface area contributed by atoms with Gasteiger partial charge in [0.15, 0.2) is 0 Å². The minimum Gasteiger partial charge on any atom is -0.329 e. The van der Waals surface area contributed by atoms with Crippen molar-refractivity contribution in [1.29, 1.82) is 0 Å². The van der Waals surface area contributed by atoms with Crippen molar-refractivity contribution >= 4 is 11.8 Å². The Balaban J connectivity index is 2.01. The maximum Gasteiger partial charge on any atom is 0.0347 e. The molecule has 94 valence electrons. The summed E-state index contributed by atoms with van der Waals surface area (Å²) in [6.45, 7) is 5.83. The summed E-state index contributed by atoms with van der Waals surface area (Å²) in [5.41, 5.74) is 6.46. The van der Waals surface area contributed by atoms with Crippen LogP contribution in [0.5, 0.6) is 0 Å². The Kier molecular flexibility index (Phi) is 4.57. The normalized spacial score (nSPS) is 32.2. The molecule has 2 aliphatic rings. The molecule has 2 heterocycles. The van der Waals surface area contributed by atoms with Gasteiger partial charge in [-0.15, -0.1) is 0 Å². The standard InChI is InChI=1S/C13H26N2S/c1-12-3-2-7-15(8-4-12)13(11-14)5-9-16-10-6-13/h12H,2-11,14H2,1H3. The van der Waals surface area contributed by atoms with E-state index >= 15 is 0 Å². The smallest absolute Gasteiger partial charge is 0.0347 e. The third-order valence-electron chi connectivity index (χ3n) is 4.49. The van der Waals surface area contributed by atoms with E-state index < -0.39 is 0 Å². The molecule has 0 saturated carbocycles. The van der Waals surface area contributed by atoms with Crippen LogP contribution in [0.3, 0.4) is 0 Å². The summed E-state index contributed by atoms with van der Waals surface area (Å²) >= 11 is 2.10. The van der Waals surface area contributed by atoms with Gasteiger partial charge in [0, 0.05) is 12.1 Å². The summed E-state index contributed by atoms with van der Waals surface area (Å²) < 4.78 is 0. The van der Waals surface area contributed by atoms with Crippen LogP contribution < -0.4 is 5.73 Å². The second-order valence-corrected chi connectivity index (χ2v) is 6.79. The van der Waals surface area contributed by atoms with Gasteiger partial charge in [0.1, 0.15) is 0 Å². The molecule has 0 spiro atoms. The summed E-state index contributed by atoms with van der Waals surface area (Å²) in [5, 5.41) is 0. The third-order valence-corrected chi connectivity index (χ3v) is 5.48. The maximum atomic E-state index is 6.10. The number of likely N-dealkylation sites (tertiary alicyclic amines) is 1. The van der Waals surface area contributed by atoms with E-state index in [9.17, 15) is 0 Å². The summed E-state index contributed by atoms with van der Waals surface area (Å²) in [7, 11) is 0. The molecule has 2 aliphatic heterocycles. The fraction of sp³-hybridized carbons (Fsp3) is 1.00. The van der Waals surface area contributed by atoms with Gasteiger partial charge in [-0.25, -0.2) is 0 Å². The third kappa shape index (κ3) is 2.74. The second kappa shape index (κ2) is 5.74. The van der Waals surface area contributed by atoms with Crippen molar-refractivity contribution in [3.8, 4) is 0 Å². The summed E-state index contributed by atoms with van der Waals surface area (Å²) in [4.78, 5) is 2.73. The van der Waals surface area contributed by atoms with Gasteiger partial charge < -0.3 is 5.73 Å². The highest BCUT2D eigenvalue weighted by Gasteiger charge is 2.37. The van der Waals surface area contributed by atoms with Crippen molar-refractivity contribution in [3.63, 3.8) is 0 Å². The predicted molar refractivity (Wildman–Crippen MR) is 72.9 cm³/mol. The van der Waals surface area contributed by atoms with E-state index in [1.807, 2.05) is 0 Å². The predicted octanol–water partition coefficient (Wildman–Crippen LogP) is 2.33. The van der Waals surface area contributed by atoms with E-state index in [1.54, 1.807) is 0 Å². The average Bonchev–Trinajstić information content (AvgIpc) is 2.55. The lowest BCUT2D eigenvalue weighted by molar-refractivity contribution is 0.0876. The first-order valence-electron chi connectivity index (χ1n) is 6.80. The van der Waals surface area contributed by atoms with Gasteiger partial charge in [-0.1, -0.05) is 6.92 Å². The fourth-order valence-electron chi connectivity index (χ4n) is 3.14. The highest BCUT2D eigenvalue weighted by atomic mass is 32.2. The minimum absolute atomic E-state index is 0.356. The van der Waals surface area contributed by atoms with E-state index in [0.717, 1.165) is 12.5 Å². The molecule has 16 heavy (non-hydrogen) atoms. The number of hydrogen-bond donors (Lipinski definition) is 1. The van der Waals surface area contributed by atoms with Gasteiger partial charge in [-0.3, -0.25) is 4.90 Å². The van der Waals surface area contributed by atoms with E-state index in [2.05, 4.69) is 23.6 Å². The molecule has 1 unspecified atom stereocenters. The zero-order chi connectivity index (χ0) is 11.4. The number of thioether (sulfide) groups is 1. The largest absolute Gasteiger partial charge is 0.329 e. The van der Waals surface area contributed by atoms with Crippen LogP contribution >= 0.6 is 11.8 Å². The first-order valence-corrected chi connectivity index (χ1v) is 7.95. The van der Waals surface area contributed by atoms with Crippen molar-refractivity contribution in [2.24, 2.45) is 11.7 Å². The van der Waals surface area contributed by atoms with Gasteiger partial charge >= 0.3 is 0 Å². The van der Waals surface area contributed by atoms with Crippen LogP contribution in [0.25, 0.3) is 0 Å². The molecule has 2 N–H and O–H groups in total. The maximum absolute atomic E-state index is 6.10. The lowest BCUT2D eigenvalue weighted by Crippen LogP contribution is -2.56. The zero-order valence-electron chi connectivity index (χ0n) is 10.6. The van der Waals surface area contributed by atoms with Gasteiger partial charge in [0.2, 0.25) is 0 Å². The Morgan fingerprint density at radius 1 is 1.25 bits per heavy atom. The average molecular weight is 242 g/mol. The number of nitrogens with zero attached hydrogens (tertiary/aromatic N) is 1. The topological polar surface area (TPSA) is 29.3 Å². The molecule has 2 rings (SSSR count). The van der Waals surface area contributed by atoms with Crippen molar-refractivity contribution in [1.82, 2.24) is 4.90 Å². The monoisotopic (exact) mass is 242 g/mol. The molecule has 2 nitrogen and oxygen atoms in total. The molecule has 0 bridgehead atoms. The van der Waals surface area contributed by atoms with Crippen molar-refractivity contribution < 1.29 is 0 Å². The van der Waals surface area contributed by atoms with Crippen LogP contribution in [0, 0.1) is 5.92 Å². The molecule has 0 aromatic carbocycles. The molecule has 0 aromatic heterocycles. The van der Waals surface area contributed by atoms with Crippen LogP contribution in [0.15, 0.2) is 0 Å². The highest BCUT2D eigenvalue weighted by Crippen LogP contribution is 2.33.